The highest BCUT2D eigenvalue weighted by Crippen LogP contribution is 2.28. The first kappa shape index (κ1) is 17.4. The van der Waals surface area contributed by atoms with Gasteiger partial charge in [-0.05, 0) is 61.6 Å². The molecule has 5 nitrogen and oxygen atoms in total. The van der Waals surface area contributed by atoms with Crippen molar-refractivity contribution >= 4 is 17.4 Å². The summed E-state index contributed by atoms with van der Waals surface area (Å²) >= 11 is 0. The van der Waals surface area contributed by atoms with Crippen molar-refractivity contribution in [2.75, 3.05) is 29.9 Å². The number of benzene rings is 1. The van der Waals surface area contributed by atoms with Crippen molar-refractivity contribution in [3.05, 3.63) is 53.5 Å². The van der Waals surface area contributed by atoms with Crippen molar-refractivity contribution in [3.63, 3.8) is 0 Å². The fourth-order valence-corrected chi connectivity index (χ4v) is 3.14. The molecule has 1 aromatic heterocycles. The lowest BCUT2D eigenvalue weighted by Gasteiger charge is -2.33. The van der Waals surface area contributed by atoms with Gasteiger partial charge in [0.15, 0.2) is 5.82 Å². The Morgan fingerprint density at radius 2 is 2.12 bits per heavy atom. The molecule has 0 spiro atoms. The van der Waals surface area contributed by atoms with E-state index in [1.54, 1.807) is 31.3 Å². The summed E-state index contributed by atoms with van der Waals surface area (Å²) in [6, 6.07) is 7.82. The zero-order valence-electron chi connectivity index (χ0n) is 14.2. The summed E-state index contributed by atoms with van der Waals surface area (Å²) in [4.78, 5) is 19.0. The number of aryl methyl sites for hydroxylation is 1. The number of rotatable bonds is 4. The van der Waals surface area contributed by atoms with E-state index in [4.69, 9.17) is 0 Å². The monoisotopic (exact) mass is 343 g/mol. The van der Waals surface area contributed by atoms with Gasteiger partial charge in [-0.1, -0.05) is 0 Å². The number of halogens is 1. The van der Waals surface area contributed by atoms with Gasteiger partial charge in [0.1, 0.15) is 5.82 Å². The van der Waals surface area contributed by atoms with Gasteiger partial charge < -0.3 is 15.3 Å². The predicted molar refractivity (Wildman–Crippen MR) is 95.4 cm³/mol. The van der Waals surface area contributed by atoms with Crippen LogP contribution in [0.5, 0.6) is 0 Å². The van der Waals surface area contributed by atoms with Crippen LogP contribution in [0, 0.1) is 18.7 Å². The van der Waals surface area contributed by atoms with Crippen LogP contribution in [0.2, 0.25) is 0 Å². The molecule has 0 atom stereocenters. The highest BCUT2D eigenvalue weighted by molar-refractivity contribution is 6.05. The van der Waals surface area contributed by atoms with E-state index in [0.29, 0.717) is 23.0 Å². The molecule has 0 unspecified atom stereocenters. The molecule has 0 saturated carbocycles. The van der Waals surface area contributed by atoms with Gasteiger partial charge in [0.25, 0.3) is 5.91 Å². The third kappa shape index (κ3) is 4.14. The van der Waals surface area contributed by atoms with Crippen molar-refractivity contribution in [2.24, 2.45) is 5.92 Å². The summed E-state index contributed by atoms with van der Waals surface area (Å²) < 4.78 is 13.5. The number of hydrogen-bond acceptors (Lipinski definition) is 4. The van der Waals surface area contributed by atoms with Crippen LogP contribution in [-0.4, -0.2) is 35.7 Å². The third-order valence-corrected chi connectivity index (χ3v) is 4.51. The highest BCUT2D eigenvalue weighted by Gasteiger charge is 2.22. The van der Waals surface area contributed by atoms with Crippen LogP contribution in [0.15, 0.2) is 36.5 Å². The Bertz CT molecular complexity index is 738. The summed E-state index contributed by atoms with van der Waals surface area (Å²) in [6.07, 6.45) is 3.47. The number of carbonyl (C=O) groups excluding carboxylic acids is 1. The Hall–Kier alpha value is -2.47. The van der Waals surface area contributed by atoms with Crippen LogP contribution in [-0.2, 0) is 0 Å². The maximum Gasteiger partial charge on any atom is 0.255 e. The molecule has 0 aliphatic carbocycles. The molecule has 25 heavy (non-hydrogen) atoms. The Morgan fingerprint density at radius 1 is 1.36 bits per heavy atom. The number of piperidine rings is 1. The lowest BCUT2D eigenvalue weighted by Crippen LogP contribution is -2.35. The minimum atomic E-state index is -0.428. The average molecular weight is 343 g/mol. The molecule has 2 heterocycles. The Morgan fingerprint density at radius 3 is 2.80 bits per heavy atom. The minimum Gasteiger partial charge on any atom is -0.396 e. The summed E-state index contributed by atoms with van der Waals surface area (Å²) in [6.45, 7) is 3.52. The third-order valence-electron chi connectivity index (χ3n) is 4.51. The maximum atomic E-state index is 13.5. The second-order valence-corrected chi connectivity index (χ2v) is 6.46. The van der Waals surface area contributed by atoms with Crippen LogP contribution in [0.3, 0.4) is 0 Å². The van der Waals surface area contributed by atoms with E-state index in [0.717, 1.165) is 25.9 Å². The van der Waals surface area contributed by atoms with Gasteiger partial charge in [-0.2, -0.15) is 0 Å². The van der Waals surface area contributed by atoms with Crippen molar-refractivity contribution in [3.8, 4) is 0 Å². The zero-order chi connectivity index (χ0) is 17.8. The van der Waals surface area contributed by atoms with Crippen LogP contribution < -0.4 is 10.2 Å². The molecule has 132 valence electrons. The van der Waals surface area contributed by atoms with Crippen LogP contribution in [0.4, 0.5) is 15.9 Å². The molecule has 1 amide bonds. The van der Waals surface area contributed by atoms with E-state index in [2.05, 4.69) is 15.2 Å². The number of carbonyl (C=O) groups is 1. The molecule has 0 radical (unpaired) electrons. The van der Waals surface area contributed by atoms with Crippen molar-refractivity contribution in [2.45, 2.75) is 19.8 Å². The molecule has 1 fully saturated rings. The predicted octanol–water partition coefficient (Wildman–Crippen LogP) is 2.99. The van der Waals surface area contributed by atoms with Gasteiger partial charge in [-0.3, -0.25) is 4.79 Å². The lowest BCUT2D eigenvalue weighted by molar-refractivity contribution is 0.102. The molecule has 0 bridgehead atoms. The number of anilines is 2. The largest absolute Gasteiger partial charge is 0.396 e. The van der Waals surface area contributed by atoms with Gasteiger partial charge >= 0.3 is 0 Å². The average Bonchev–Trinajstić information content (AvgIpc) is 2.61. The molecule has 1 saturated heterocycles. The van der Waals surface area contributed by atoms with Crippen LogP contribution >= 0.6 is 0 Å². The van der Waals surface area contributed by atoms with E-state index >= 15 is 0 Å². The summed E-state index contributed by atoms with van der Waals surface area (Å²) in [5, 5.41) is 12.1. The zero-order valence-corrected chi connectivity index (χ0v) is 14.2. The number of aliphatic hydroxyl groups is 1. The van der Waals surface area contributed by atoms with Gasteiger partial charge in [0.05, 0.1) is 5.69 Å². The van der Waals surface area contributed by atoms with E-state index in [1.165, 1.54) is 12.1 Å². The molecule has 1 aromatic carbocycles. The first-order valence-corrected chi connectivity index (χ1v) is 8.46. The van der Waals surface area contributed by atoms with Gasteiger partial charge in [0, 0.05) is 31.5 Å². The molecule has 2 aromatic rings. The Labute approximate surface area is 146 Å². The summed E-state index contributed by atoms with van der Waals surface area (Å²) in [7, 11) is 0. The minimum absolute atomic E-state index is 0.207. The first-order chi connectivity index (χ1) is 12.1. The molecule has 2 N–H and O–H groups in total. The maximum absolute atomic E-state index is 13.5. The smallest absolute Gasteiger partial charge is 0.255 e. The standard InChI is InChI=1S/C19H22FN3O2/c1-13-9-15(11-16(20)10-13)19(25)22-17-3-2-6-21-18(17)23-7-4-14(12-24)5-8-23/h2-3,6,9-11,14,24H,4-5,7-8,12H2,1H3,(H,22,25). The van der Waals surface area contributed by atoms with Crippen molar-refractivity contribution in [1.82, 2.24) is 4.98 Å². The second-order valence-electron chi connectivity index (χ2n) is 6.46. The molecule has 1 aliphatic heterocycles. The van der Waals surface area contributed by atoms with Crippen LogP contribution in [0.25, 0.3) is 0 Å². The van der Waals surface area contributed by atoms with Crippen molar-refractivity contribution in [1.29, 1.82) is 0 Å². The summed E-state index contributed by atoms with van der Waals surface area (Å²) in [5.41, 5.74) is 1.59. The second kappa shape index (κ2) is 7.61. The topological polar surface area (TPSA) is 65.5 Å². The fourth-order valence-electron chi connectivity index (χ4n) is 3.14. The quantitative estimate of drug-likeness (QED) is 0.896. The Balaban J connectivity index is 1.78. The molecule has 3 rings (SSSR count). The number of aliphatic hydroxyl groups excluding tert-OH is 1. The number of nitrogens with zero attached hydrogens (tertiary/aromatic N) is 2. The van der Waals surface area contributed by atoms with E-state index < -0.39 is 5.82 Å². The molecular formula is C19H22FN3O2. The van der Waals surface area contributed by atoms with Gasteiger partial charge in [-0.25, -0.2) is 9.37 Å². The van der Waals surface area contributed by atoms with Gasteiger partial charge in [0.2, 0.25) is 0 Å². The van der Waals surface area contributed by atoms with Crippen LogP contribution in [0.1, 0.15) is 28.8 Å². The van der Waals surface area contributed by atoms with E-state index in [9.17, 15) is 14.3 Å². The molecule has 6 heteroatoms. The highest BCUT2D eigenvalue weighted by atomic mass is 19.1. The molecule has 1 aliphatic rings. The molecular weight excluding hydrogens is 321 g/mol. The van der Waals surface area contributed by atoms with Crippen molar-refractivity contribution < 1.29 is 14.3 Å². The fraction of sp³-hybridized carbons (Fsp3) is 0.368. The number of amides is 1. The number of aromatic nitrogens is 1. The number of nitrogens with one attached hydrogen (secondary N) is 1. The Kier molecular flexibility index (Phi) is 5.28. The number of pyridine rings is 1. The van der Waals surface area contributed by atoms with E-state index in [1.807, 2.05) is 0 Å². The normalized spacial score (nSPS) is 15.2. The number of hydrogen-bond donors (Lipinski definition) is 2. The SMILES string of the molecule is Cc1cc(F)cc(C(=O)Nc2cccnc2N2CCC(CO)CC2)c1. The lowest BCUT2D eigenvalue weighted by atomic mass is 9.98. The summed E-state index contributed by atoms with van der Waals surface area (Å²) in [5.74, 6) is 0.248. The van der Waals surface area contributed by atoms with Gasteiger partial charge in [-0.15, -0.1) is 0 Å². The van der Waals surface area contributed by atoms with E-state index in [-0.39, 0.29) is 18.1 Å². The first-order valence-electron chi connectivity index (χ1n) is 8.46.